The molecule has 0 atom stereocenters. The normalized spacial score (nSPS) is 9.14. The molecule has 14 heavy (non-hydrogen) atoms. The molecule has 0 aromatic heterocycles. The zero-order chi connectivity index (χ0) is 10.7. The standard InChI is InChI=1S/C9H6N2O3/c1-6-2-3-7(5-12)8(4-10)9(6)11(13)14/h2-3,5H,1H3. The van der Waals surface area contributed by atoms with Crippen LogP contribution in [0.3, 0.4) is 0 Å². The molecule has 5 nitrogen and oxygen atoms in total. The van der Waals surface area contributed by atoms with Crippen LogP contribution < -0.4 is 0 Å². The summed E-state index contributed by atoms with van der Waals surface area (Å²) in [5.74, 6) is 0. The van der Waals surface area contributed by atoms with E-state index in [1.807, 2.05) is 0 Å². The van der Waals surface area contributed by atoms with Crippen molar-refractivity contribution in [1.82, 2.24) is 0 Å². The van der Waals surface area contributed by atoms with E-state index in [9.17, 15) is 14.9 Å². The average molecular weight is 190 g/mol. The van der Waals surface area contributed by atoms with E-state index >= 15 is 0 Å². The molecule has 0 radical (unpaired) electrons. The monoisotopic (exact) mass is 190 g/mol. The smallest absolute Gasteiger partial charge is 0.290 e. The number of aldehydes is 1. The van der Waals surface area contributed by atoms with Crippen molar-refractivity contribution in [2.45, 2.75) is 6.92 Å². The molecule has 0 aliphatic carbocycles. The first kappa shape index (κ1) is 9.86. The van der Waals surface area contributed by atoms with Crippen molar-refractivity contribution in [3.63, 3.8) is 0 Å². The SMILES string of the molecule is Cc1ccc(C=O)c(C#N)c1[N+](=O)[O-]. The minimum absolute atomic E-state index is 0.0461. The predicted octanol–water partition coefficient (Wildman–Crippen LogP) is 1.59. The van der Waals surface area contributed by atoms with Gasteiger partial charge in [-0.3, -0.25) is 14.9 Å². The molecule has 0 heterocycles. The number of nitrogens with zero attached hydrogens (tertiary/aromatic N) is 2. The number of aryl methyl sites for hydroxylation is 1. The maximum absolute atomic E-state index is 10.6. The van der Waals surface area contributed by atoms with Gasteiger partial charge in [-0.2, -0.15) is 5.26 Å². The lowest BCUT2D eigenvalue weighted by Gasteiger charge is -2.00. The van der Waals surface area contributed by atoms with Crippen LogP contribution in [-0.2, 0) is 0 Å². The average Bonchev–Trinajstić information content (AvgIpc) is 2.16. The Hall–Kier alpha value is -2.22. The van der Waals surface area contributed by atoms with Gasteiger partial charge in [0.15, 0.2) is 6.29 Å². The molecule has 70 valence electrons. The summed E-state index contributed by atoms with van der Waals surface area (Å²) < 4.78 is 0. The highest BCUT2D eigenvalue weighted by Gasteiger charge is 2.20. The topological polar surface area (TPSA) is 84.0 Å². The Bertz CT molecular complexity index is 446. The Kier molecular flexibility index (Phi) is 2.58. The lowest BCUT2D eigenvalue weighted by Crippen LogP contribution is -1.99. The van der Waals surface area contributed by atoms with Gasteiger partial charge in [0.25, 0.3) is 5.69 Å². The number of carbonyl (C=O) groups excluding carboxylic acids is 1. The fraction of sp³-hybridized carbons (Fsp3) is 0.111. The van der Waals surface area contributed by atoms with Crippen LogP contribution in [0.1, 0.15) is 21.5 Å². The molecule has 0 saturated heterocycles. The minimum atomic E-state index is -0.652. The van der Waals surface area contributed by atoms with Gasteiger partial charge in [0.1, 0.15) is 11.6 Å². The molecule has 0 aliphatic heterocycles. The molecule has 1 aromatic carbocycles. The van der Waals surface area contributed by atoms with Gasteiger partial charge in [0, 0.05) is 11.1 Å². The van der Waals surface area contributed by atoms with Crippen LogP contribution in [-0.4, -0.2) is 11.2 Å². The van der Waals surface area contributed by atoms with E-state index < -0.39 is 4.92 Å². The first-order chi connectivity index (χ1) is 6.61. The number of nitriles is 1. The number of hydrogen-bond acceptors (Lipinski definition) is 4. The van der Waals surface area contributed by atoms with E-state index in [0.717, 1.165) is 0 Å². The second-order valence-electron chi connectivity index (χ2n) is 2.68. The van der Waals surface area contributed by atoms with E-state index in [0.29, 0.717) is 11.8 Å². The third-order valence-corrected chi connectivity index (χ3v) is 1.83. The molecule has 0 amide bonds. The molecule has 0 bridgehead atoms. The number of rotatable bonds is 2. The third-order valence-electron chi connectivity index (χ3n) is 1.83. The summed E-state index contributed by atoms with van der Waals surface area (Å²) in [7, 11) is 0. The summed E-state index contributed by atoms with van der Waals surface area (Å²) >= 11 is 0. The van der Waals surface area contributed by atoms with Crippen LogP contribution in [0.5, 0.6) is 0 Å². The molecule has 1 aromatic rings. The fourth-order valence-corrected chi connectivity index (χ4v) is 1.16. The maximum atomic E-state index is 10.6. The van der Waals surface area contributed by atoms with Crippen LogP contribution in [0.4, 0.5) is 5.69 Å². The summed E-state index contributed by atoms with van der Waals surface area (Å²) in [5, 5.41) is 19.3. The van der Waals surface area contributed by atoms with Gasteiger partial charge in [0.05, 0.1) is 4.92 Å². The Labute approximate surface area is 79.7 Å². The van der Waals surface area contributed by atoms with Gasteiger partial charge in [-0.05, 0) is 13.0 Å². The van der Waals surface area contributed by atoms with Gasteiger partial charge < -0.3 is 0 Å². The molecule has 5 heteroatoms. The van der Waals surface area contributed by atoms with Crippen molar-refractivity contribution in [3.05, 3.63) is 38.9 Å². The number of hydrogen-bond donors (Lipinski definition) is 0. The second kappa shape index (κ2) is 3.66. The molecule has 1 rings (SSSR count). The quantitative estimate of drug-likeness (QED) is 0.402. The van der Waals surface area contributed by atoms with Crippen molar-refractivity contribution in [3.8, 4) is 6.07 Å². The fourth-order valence-electron chi connectivity index (χ4n) is 1.16. The third kappa shape index (κ3) is 1.45. The molecule has 0 N–H and O–H groups in total. The van der Waals surface area contributed by atoms with Crippen molar-refractivity contribution in [1.29, 1.82) is 5.26 Å². The Morgan fingerprint density at radius 1 is 1.57 bits per heavy atom. The summed E-state index contributed by atoms with van der Waals surface area (Å²) in [6.45, 7) is 1.52. The molecule has 0 spiro atoms. The molecule has 0 saturated carbocycles. The summed E-state index contributed by atoms with van der Waals surface area (Å²) in [4.78, 5) is 20.5. The highest BCUT2D eigenvalue weighted by Crippen LogP contribution is 2.24. The predicted molar refractivity (Wildman–Crippen MR) is 47.9 cm³/mol. The largest absolute Gasteiger partial charge is 0.298 e. The van der Waals surface area contributed by atoms with E-state index in [1.54, 1.807) is 6.07 Å². The number of benzene rings is 1. The number of nitro groups is 1. The maximum Gasteiger partial charge on any atom is 0.290 e. The van der Waals surface area contributed by atoms with Gasteiger partial charge in [-0.15, -0.1) is 0 Å². The summed E-state index contributed by atoms with van der Waals surface area (Å²) in [5.41, 5.74) is -0.0518. The Balaban J connectivity index is 3.61. The van der Waals surface area contributed by atoms with Crippen molar-refractivity contribution >= 4 is 12.0 Å². The number of carbonyl (C=O) groups is 1. The van der Waals surface area contributed by atoms with E-state index in [1.165, 1.54) is 19.1 Å². The van der Waals surface area contributed by atoms with E-state index in [-0.39, 0.29) is 16.8 Å². The zero-order valence-electron chi connectivity index (χ0n) is 7.35. The van der Waals surface area contributed by atoms with E-state index in [2.05, 4.69) is 0 Å². The summed E-state index contributed by atoms with van der Waals surface area (Å²) in [6, 6.07) is 4.51. The molecule has 0 fully saturated rings. The Morgan fingerprint density at radius 2 is 2.21 bits per heavy atom. The van der Waals surface area contributed by atoms with Gasteiger partial charge in [-0.25, -0.2) is 0 Å². The number of nitro benzene ring substituents is 1. The van der Waals surface area contributed by atoms with Crippen LogP contribution in [0, 0.1) is 28.4 Å². The first-order valence-electron chi connectivity index (χ1n) is 3.75. The van der Waals surface area contributed by atoms with E-state index in [4.69, 9.17) is 5.26 Å². The van der Waals surface area contributed by atoms with Gasteiger partial charge in [0.2, 0.25) is 0 Å². The van der Waals surface area contributed by atoms with Crippen molar-refractivity contribution in [2.75, 3.05) is 0 Å². The minimum Gasteiger partial charge on any atom is -0.298 e. The van der Waals surface area contributed by atoms with Gasteiger partial charge in [-0.1, -0.05) is 6.07 Å². The highest BCUT2D eigenvalue weighted by molar-refractivity contribution is 5.82. The lowest BCUT2D eigenvalue weighted by atomic mass is 10.0. The Morgan fingerprint density at radius 3 is 2.64 bits per heavy atom. The lowest BCUT2D eigenvalue weighted by molar-refractivity contribution is -0.385. The highest BCUT2D eigenvalue weighted by atomic mass is 16.6. The first-order valence-corrected chi connectivity index (χ1v) is 3.75. The van der Waals surface area contributed by atoms with Crippen LogP contribution >= 0.6 is 0 Å². The van der Waals surface area contributed by atoms with Crippen LogP contribution in [0.25, 0.3) is 0 Å². The molecular weight excluding hydrogens is 184 g/mol. The zero-order valence-corrected chi connectivity index (χ0v) is 7.35. The molecule has 0 aliphatic rings. The molecule has 0 unspecified atom stereocenters. The van der Waals surface area contributed by atoms with Crippen molar-refractivity contribution in [2.24, 2.45) is 0 Å². The second-order valence-corrected chi connectivity index (χ2v) is 2.68. The van der Waals surface area contributed by atoms with Crippen LogP contribution in [0.15, 0.2) is 12.1 Å². The summed E-state index contributed by atoms with van der Waals surface area (Å²) in [6.07, 6.45) is 0.436. The van der Waals surface area contributed by atoms with Gasteiger partial charge >= 0.3 is 0 Å². The van der Waals surface area contributed by atoms with Crippen molar-refractivity contribution < 1.29 is 9.72 Å². The van der Waals surface area contributed by atoms with Crippen LogP contribution in [0.2, 0.25) is 0 Å². The molecular formula is C9H6N2O3.